The summed E-state index contributed by atoms with van der Waals surface area (Å²) >= 11 is 0. The monoisotopic (exact) mass is 314 g/mol. The van der Waals surface area contributed by atoms with E-state index in [2.05, 4.69) is 79.4 Å². The van der Waals surface area contributed by atoms with Crippen LogP contribution < -0.4 is 10.4 Å². The Morgan fingerprint density at radius 2 is 1.50 bits per heavy atom. The Balaban J connectivity index is 0.00000100. The first kappa shape index (κ1) is 17.7. The third-order valence-electron chi connectivity index (χ3n) is 3.90. The fourth-order valence-corrected chi connectivity index (χ4v) is 2.69. The molecule has 24 heavy (non-hydrogen) atoms. The van der Waals surface area contributed by atoms with E-state index in [4.69, 9.17) is 0 Å². The van der Waals surface area contributed by atoms with Crippen molar-refractivity contribution in [2.45, 2.75) is 27.2 Å². The molecule has 0 heterocycles. The van der Waals surface area contributed by atoms with Gasteiger partial charge in [-0.3, -0.25) is 0 Å². The molecule has 3 rings (SSSR count). The molecule has 0 bridgehead atoms. The van der Waals surface area contributed by atoms with Crippen molar-refractivity contribution in [2.24, 2.45) is 0 Å². The van der Waals surface area contributed by atoms with Gasteiger partial charge in [-0.1, -0.05) is 99.3 Å². The molecule has 3 aromatic rings. The molecule has 0 nitrogen and oxygen atoms in total. The van der Waals surface area contributed by atoms with Crippen LogP contribution in [0.4, 0.5) is 0 Å². The third kappa shape index (κ3) is 4.45. The topological polar surface area (TPSA) is 0 Å². The zero-order valence-corrected chi connectivity index (χ0v) is 14.9. The van der Waals surface area contributed by atoms with Crippen LogP contribution in [0.5, 0.6) is 0 Å². The van der Waals surface area contributed by atoms with Crippen LogP contribution in [0.15, 0.2) is 72.8 Å². The van der Waals surface area contributed by atoms with Gasteiger partial charge in [0.15, 0.2) is 0 Å². The largest absolute Gasteiger partial charge is 0.0912 e. The standard InChI is InChI=1S/C22H20.C2H6/c1-3-4-7-21-15-18(11-10-17(21)2)14-19-12-13-20-8-5-6-9-22(20)16-19;1-2/h3-13,15-16H,2,14H2,1H3;1-2H3/b4-3-,21-7-;. The first-order chi connectivity index (χ1) is 11.8. The molecule has 0 aromatic heterocycles. The summed E-state index contributed by atoms with van der Waals surface area (Å²) in [5.74, 6) is 0. The summed E-state index contributed by atoms with van der Waals surface area (Å²) in [5, 5.41) is 4.85. The highest BCUT2D eigenvalue weighted by Gasteiger charge is 1.99. The molecule has 122 valence electrons. The second-order valence-electron chi connectivity index (χ2n) is 5.58. The molecule has 0 N–H and O–H groups in total. The lowest BCUT2D eigenvalue weighted by Gasteiger charge is -2.05. The van der Waals surface area contributed by atoms with E-state index in [0.717, 1.165) is 11.6 Å². The minimum absolute atomic E-state index is 0.946. The van der Waals surface area contributed by atoms with Crippen LogP contribution in [-0.4, -0.2) is 0 Å². The van der Waals surface area contributed by atoms with Gasteiger partial charge in [0.2, 0.25) is 0 Å². The quantitative estimate of drug-likeness (QED) is 0.621. The molecule has 0 aliphatic heterocycles. The third-order valence-corrected chi connectivity index (χ3v) is 3.90. The van der Waals surface area contributed by atoms with Gasteiger partial charge in [0.1, 0.15) is 0 Å². The molecule has 0 aliphatic rings. The van der Waals surface area contributed by atoms with Crippen molar-refractivity contribution in [3.05, 3.63) is 94.4 Å². The molecular weight excluding hydrogens is 288 g/mol. The van der Waals surface area contributed by atoms with Crippen LogP contribution in [0.25, 0.3) is 23.4 Å². The van der Waals surface area contributed by atoms with Crippen LogP contribution in [0.3, 0.4) is 0 Å². The van der Waals surface area contributed by atoms with E-state index in [0.29, 0.717) is 0 Å². The molecule has 0 aliphatic carbocycles. The summed E-state index contributed by atoms with van der Waals surface area (Å²) < 4.78 is 0. The van der Waals surface area contributed by atoms with Crippen molar-refractivity contribution in [3.8, 4) is 0 Å². The maximum atomic E-state index is 4.10. The van der Waals surface area contributed by atoms with Gasteiger partial charge >= 0.3 is 0 Å². The lowest BCUT2D eigenvalue weighted by atomic mass is 10.0. The highest BCUT2D eigenvalue weighted by atomic mass is 14.0. The highest BCUT2D eigenvalue weighted by molar-refractivity contribution is 5.83. The van der Waals surface area contributed by atoms with E-state index in [1.807, 2.05) is 26.8 Å². The Morgan fingerprint density at radius 3 is 2.25 bits per heavy atom. The predicted molar refractivity (Wildman–Crippen MR) is 109 cm³/mol. The van der Waals surface area contributed by atoms with Crippen LogP contribution in [0, 0.1) is 0 Å². The molecule has 0 amide bonds. The first-order valence-electron chi connectivity index (χ1n) is 8.65. The Morgan fingerprint density at radius 1 is 0.833 bits per heavy atom. The summed E-state index contributed by atoms with van der Waals surface area (Å²) in [5.41, 5.74) is 2.66. The van der Waals surface area contributed by atoms with E-state index in [1.54, 1.807) is 0 Å². The Hall–Kier alpha value is -2.60. The van der Waals surface area contributed by atoms with Crippen molar-refractivity contribution in [1.29, 1.82) is 0 Å². The molecule has 0 heteroatoms. The average molecular weight is 314 g/mol. The lowest BCUT2D eigenvalue weighted by molar-refractivity contribution is 1.19. The minimum atomic E-state index is 0.946. The highest BCUT2D eigenvalue weighted by Crippen LogP contribution is 2.17. The van der Waals surface area contributed by atoms with Crippen molar-refractivity contribution in [3.63, 3.8) is 0 Å². The summed E-state index contributed by atoms with van der Waals surface area (Å²) in [6.07, 6.45) is 7.16. The van der Waals surface area contributed by atoms with Crippen molar-refractivity contribution in [1.82, 2.24) is 0 Å². The first-order valence-corrected chi connectivity index (χ1v) is 8.65. The van der Waals surface area contributed by atoms with E-state index < -0.39 is 0 Å². The Kier molecular flexibility index (Phi) is 6.57. The number of hydrogen-bond acceptors (Lipinski definition) is 0. The van der Waals surface area contributed by atoms with Gasteiger partial charge in [-0.2, -0.15) is 0 Å². The SMILES string of the molecule is C=c1ccc(Cc2ccc3ccccc3c2)c/c1=C/C=C\C.CC. The molecule has 0 fully saturated rings. The second-order valence-corrected chi connectivity index (χ2v) is 5.58. The van der Waals surface area contributed by atoms with Crippen molar-refractivity contribution in [2.75, 3.05) is 0 Å². The van der Waals surface area contributed by atoms with E-state index >= 15 is 0 Å². The molecule has 0 unspecified atom stereocenters. The second kappa shape index (κ2) is 8.88. The lowest BCUT2D eigenvalue weighted by Crippen LogP contribution is -2.22. The maximum absolute atomic E-state index is 4.10. The Bertz CT molecular complexity index is 930. The van der Waals surface area contributed by atoms with Gasteiger partial charge in [0, 0.05) is 0 Å². The summed E-state index contributed by atoms with van der Waals surface area (Å²) in [4.78, 5) is 0. The van der Waals surface area contributed by atoms with E-state index in [1.165, 1.54) is 27.1 Å². The normalized spacial score (nSPS) is 11.5. The van der Waals surface area contributed by atoms with Gasteiger partial charge in [-0.15, -0.1) is 0 Å². The number of hydrogen-bond donors (Lipinski definition) is 0. The van der Waals surface area contributed by atoms with E-state index in [-0.39, 0.29) is 0 Å². The molecule has 0 saturated heterocycles. The zero-order chi connectivity index (χ0) is 17.4. The van der Waals surface area contributed by atoms with Crippen molar-refractivity contribution < 1.29 is 0 Å². The molecule has 3 aromatic carbocycles. The smallest absolute Gasteiger partial charge is 0.00253 e. The van der Waals surface area contributed by atoms with Gasteiger partial charge in [-0.25, -0.2) is 0 Å². The summed E-state index contributed by atoms with van der Waals surface area (Å²) in [7, 11) is 0. The van der Waals surface area contributed by atoms with Crippen LogP contribution in [0.1, 0.15) is 31.9 Å². The summed E-state index contributed by atoms with van der Waals surface area (Å²) in [6.45, 7) is 10.1. The molecule has 0 radical (unpaired) electrons. The fraction of sp³-hybridized carbons (Fsp3) is 0.167. The fourth-order valence-electron chi connectivity index (χ4n) is 2.69. The van der Waals surface area contributed by atoms with Crippen LogP contribution >= 0.6 is 0 Å². The molecular formula is C24H26. The minimum Gasteiger partial charge on any atom is -0.0912 e. The molecule has 0 atom stereocenters. The average Bonchev–Trinajstić information content (AvgIpc) is 2.64. The Labute approximate surface area is 145 Å². The van der Waals surface area contributed by atoms with Gasteiger partial charge in [0.05, 0.1) is 0 Å². The van der Waals surface area contributed by atoms with Crippen LogP contribution in [0.2, 0.25) is 0 Å². The summed E-state index contributed by atoms with van der Waals surface area (Å²) in [6, 6.07) is 21.7. The maximum Gasteiger partial charge on any atom is -0.00253 e. The number of fused-ring (bicyclic) bond motifs is 1. The van der Waals surface area contributed by atoms with Crippen LogP contribution in [-0.2, 0) is 6.42 Å². The van der Waals surface area contributed by atoms with Gasteiger partial charge in [-0.05, 0) is 45.7 Å². The number of allylic oxidation sites excluding steroid dienone is 2. The van der Waals surface area contributed by atoms with Crippen molar-refractivity contribution >= 4 is 23.4 Å². The molecule has 0 saturated carbocycles. The zero-order valence-electron chi connectivity index (χ0n) is 14.9. The molecule has 0 spiro atoms. The number of benzene rings is 3. The predicted octanol–water partition coefficient (Wildman–Crippen LogP) is 5.22. The van der Waals surface area contributed by atoms with Gasteiger partial charge < -0.3 is 0 Å². The van der Waals surface area contributed by atoms with E-state index in [9.17, 15) is 0 Å². The number of rotatable bonds is 3. The van der Waals surface area contributed by atoms with Gasteiger partial charge in [0.25, 0.3) is 0 Å².